The quantitative estimate of drug-likeness (QED) is 0.368. The molecule has 0 bridgehead atoms. The molecule has 2 aromatic carbocycles. The minimum Gasteiger partial charge on any atom is -0.488 e. The molecule has 2 fully saturated rings. The van der Waals surface area contributed by atoms with Crippen molar-refractivity contribution in [3.63, 3.8) is 0 Å². The summed E-state index contributed by atoms with van der Waals surface area (Å²) >= 11 is 0. The zero-order valence-corrected chi connectivity index (χ0v) is 21.9. The number of carbonyl (C=O) groups is 1. The Morgan fingerprint density at radius 2 is 2.03 bits per heavy atom. The van der Waals surface area contributed by atoms with Crippen molar-refractivity contribution < 1.29 is 32.2 Å². The van der Waals surface area contributed by atoms with Crippen molar-refractivity contribution >= 4 is 22.6 Å². The highest BCUT2D eigenvalue weighted by molar-refractivity contribution is 5.92. The Labute approximate surface area is 224 Å². The second-order valence-corrected chi connectivity index (χ2v) is 9.79. The van der Waals surface area contributed by atoms with Gasteiger partial charge in [0.1, 0.15) is 30.2 Å². The molecule has 8 nitrogen and oxygen atoms in total. The van der Waals surface area contributed by atoms with Crippen LogP contribution < -0.4 is 14.8 Å². The lowest BCUT2D eigenvalue weighted by Crippen LogP contribution is -2.29. The van der Waals surface area contributed by atoms with Gasteiger partial charge in [0.25, 0.3) is 6.43 Å². The molecule has 39 heavy (non-hydrogen) atoms. The van der Waals surface area contributed by atoms with Gasteiger partial charge in [-0.3, -0.25) is 4.79 Å². The van der Waals surface area contributed by atoms with Gasteiger partial charge in [0.05, 0.1) is 36.9 Å². The Morgan fingerprint density at radius 1 is 1.21 bits per heavy atom. The van der Waals surface area contributed by atoms with Gasteiger partial charge < -0.3 is 24.4 Å². The van der Waals surface area contributed by atoms with Crippen molar-refractivity contribution in [2.45, 2.75) is 51.7 Å². The molecule has 1 N–H and O–H groups in total. The number of ether oxygens (including phenoxy) is 3. The molecule has 0 aliphatic carbocycles. The number of halogens is 3. The highest BCUT2D eigenvalue weighted by Gasteiger charge is 2.24. The zero-order valence-electron chi connectivity index (χ0n) is 21.9. The molecule has 3 heterocycles. The van der Waals surface area contributed by atoms with Crippen LogP contribution in [0.1, 0.15) is 55.6 Å². The fourth-order valence-corrected chi connectivity index (χ4v) is 4.91. The normalized spacial score (nSPS) is 18.3. The van der Waals surface area contributed by atoms with E-state index in [9.17, 15) is 18.0 Å². The van der Waals surface area contributed by atoms with E-state index in [0.717, 1.165) is 25.5 Å². The lowest BCUT2D eigenvalue weighted by atomic mass is 10.0. The molecule has 208 valence electrons. The first-order valence-corrected chi connectivity index (χ1v) is 13.1. The highest BCUT2D eigenvalue weighted by Crippen LogP contribution is 2.37. The van der Waals surface area contributed by atoms with E-state index in [-0.39, 0.29) is 17.6 Å². The van der Waals surface area contributed by atoms with Crippen LogP contribution >= 0.6 is 0 Å². The van der Waals surface area contributed by atoms with Crippen LogP contribution in [0.25, 0.3) is 10.9 Å². The number of amides is 1. The SMILES string of the molecule is Cc1nc(N[C@H](C)c2cccc(C(F)F)c2F)c2cc(OC3CCOC3)c(OCCN3CCCC3=O)cc2n1. The third kappa shape index (κ3) is 6.03. The van der Waals surface area contributed by atoms with Crippen molar-refractivity contribution in [3.05, 3.63) is 53.1 Å². The van der Waals surface area contributed by atoms with Gasteiger partial charge in [-0.25, -0.2) is 23.1 Å². The molecule has 2 aliphatic heterocycles. The average molecular weight is 545 g/mol. The van der Waals surface area contributed by atoms with E-state index in [0.29, 0.717) is 66.8 Å². The van der Waals surface area contributed by atoms with E-state index in [1.807, 2.05) is 0 Å². The summed E-state index contributed by atoms with van der Waals surface area (Å²) in [6.07, 6.45) is -0.928. The van der Waals surface area contributed by atoms with Crippen molar-refractivity contribution in [2.24, 2.45) is 0 Å². The van der Waals surface area contributed by atoms with Crippen LogP contribution in [-0.4, -0.2) is 59.8 Å². The topological polar surface area (TPSA) is 85.8 Å². The molecular weight excluding hydrogens is 513 g/mol. The molecule has 2 aliphatic rings. The van der Waals surface area contributed by atoms with Gasteiger partial charge in [-0.2, -0.15) is 0 Å². The minimum absolute atomic E-state index is 0.105. The van der Waals surface area contributed by atoms with E-state index in [4.69, 9.17) is 14.2 Å². The van der Waals surface area contributed by atoms with Crippen molar-refractivity contribution in [2.75, 3.05) is 38.2 Å². The fraction of sp³-hybridized carbons (Fsp3) is 0.464. The van der Waals surface area contributed by atoms with Crippen LogP contribution in [0.2, 0.25) is 0 Å². The number of nitrogens with zero attached hydrogens (tertiary/aromatic N) is 3. The highest BCUT2D eigenvalue weighted by atomic mass is 19.3. The number of hydrogen-bond acceptors (Lipinski definition) is 7. The number of aromatic nitrogens is 2. The summed E-state index contributed by atoms with van der Waals surface area (Å²) in [5.74, 6) is 1.01. The summed E-state index contributed by atoms with van der Waals surface area (Å²) in [6, 6.07) is 6.83. The number of fused-ring (bicyclic) bond motifs is 1. The summed E-state index contributed by atoms with van der Waals surface area (Å²) < 4.78 is 59.2. The van der Waals surface area contributed by atoms with Crippen molar-refractivity contribution in [3.8, 4) is 11.5 Å². The zero-order chi connectivity index (χ0) is 27.5. The van der Waals surface area contributed by atoms with Crippen molar-refractivity contribution in [1.29, 1.82) is 0 Å². The molecule has 0 spiro atoms. The van der Waals surface area contributed by atoms with Gasteiger partial charge in [-0.1, -0.05) is 18.2 Å². The number of carbonyl (C=O) groups excluding carboxylic acids is 1. The van der Waals surface area contributed by atoms with Gasteiger partial charge in [-0.15, -0.1) is 0 Å². The molecule has 2 saturated heterocycles. The Kier molecular flexibility index (Phi) is 8.06. The van der Waals surface area contributed by atoms with E-state index < -0.39 is 23.8 Å². The number of rotatable bonds is 10. The van der Waals surface area contributed by atoms with Gasteiger partial charge >= 0.3 is 0 Å². The van der Waals surface area contributed by atoms with Crippen LogP contribution in [0.5, 0.6) is 11.5 Å². The number of benzene rings is 2. The summed E-state index contributed by atoms with van der Waals surface area (Å²) in [6.45, 7) is 5.95. The van der Waals surface area contributed by atoms with Gasteiger partial charge in [-0.05, 0) is 26.3 Å². The van der Waals surface area contributed by atoms with E-state index in [1.165, 1.54) is 12.1 Å². The number of hydrogen-bond donors (Lipinski definition) is 1. The summed E-state index contributed by atoms with van der Waals surface area (Å²) in [7, 11) is 0. The summed E-state index contributed by atoms with van der Waals surface area (Å²) in [5.41, 5.74) is 0.0336. The Hall–Kier alpha value is -3.60. The average Bonchev–Trinajstić information content (AvgIpc) is 3.56. The van der Waals surface area contributed by atoms with Crippen LogP contribution in [0.15, 0.2) is 30.3 Å². The summed E-state index contributed by atoms with van der Waals surface area (Å²) in [5, 5.41) is 3.78. The van der Waals surface area contributed by atoms with E-state index >= 15 is 0 Å². The number of likely N-dealkylation sites (tertiary alicyclic amines) is 1. The van der Waals surface area contributed by atoms with Crippen LogP contribution in [-0.2, 0) is 9.53 Å². The fourth-order valence-electron chi connectivity index (χ4n) is 4.91. The van der Waals surface area contributed by atoms with E-state index in [1.54, 1.807) is 30.9 Å². The molecular formula is C28H31F3N4O4. The van der Waals surface area contributed by atoms with E-state index in [2.05, 4.69) is 15.3 Å². The molecule has 1 aromatic heterocycles. The maximum Gasteiger partial charge on any atom is 0.266 e. The van der Waals surface area contributed by atoms with Crippen molar-refractivity contribution in [1.82, 2.24) is 14.9 Å². The first-order valence-electron chi connectivity index (χ1n) is 13.1. The molecule has 1 unspecified atom stereocenters. The second kappa shape index (κ2) is 11.6. The molecule has 0 radical (unpaired) electrons. The Balaban J connectivity index is 1.45. The molecule has 5 rings (SSSR count). The monoisotopic (exact) mass is 544 g/mol. The number of nitrogens with one attached hydrogen (secondary N) is 1. The number of anilines is 1. The number of aryl methyl sites for hydroxylation is 1. The maximum atomic E-state index is 14.8. The Morgan fingerprint density at radius 3 is 2.74 bits per heavy atom. The van der Waals surface area contributed by atoms with Gasteiger partial charge in [0.15, 0.2) is 11.5 Å². The first kappa shape index (κ1) is 27.0. The molecule has 11 heteroatoms. The number of alkyl halides is 2. The second-order valence-electron chi connectivity index (χ2n) is 9.79. The molecule has 1 amide bonds. The van der Waals surface area contributed by atoms with Crippen LogP contribution in [0, 0.1) is 12.7 Å². The predicted octanol–water partition coefficient (Wildman–Crippen LogP) is 5.36. The van der Waals surface area contributed by atoms with Crippen LogP contribution in [0.4, 0.5) is 19.0 Å². The smallest absolute Gasteiger partial charge is 0.266 e. The molecule has 3 aromatic rings. The molecule has 0 saturated carbocycles. The maximum absolute atomic E-state index is 14.8. The largest absolute Gasteiger partial charge is 0.488 e. The molecule has 2 atom stereocenters. The third-order valence-electron chi connectivity index (χ3n) is 6.96. The Bertz CT molecular complexity index is 1350. The summed E-state index contributed by atoms with van der Waals surface area (Å²) in [4.78, 5) is 22.8. The van der Waals surface area contributed by atoms with Crippen LogP contribution in [0.3, 0.4) is 0 Å². The standard InChI is InChI=1S/C28H31F3N4O4/c1-16(19-5-3-6-20(26(19)29)27(30)31)32-28-21-13-24(39-18-8-11-37-15-18)23(14-22(21)33-17(2)34-28)38-12-10-35-9-4-7-25(35)36/h3,5-6,13-14,16,18,27H,4,7-12,15H2,1-2H3,(H,32,33,34)/t16-,18?/m1/s1. The van der Waals surface area contributed by atoms with Gasteiger partial charge in [0.2, 0.25) is 5.91 Å². The lowest BCUT2D eigenvalue weighted by Gasteiger charge is -2.21. The first-order chi connectivity index (χ1) is 18.8. The van der Waals surface area contributed by atoms with Gasteiger partial charge in [0, 0.05) is 36.4 Å². The third-order valence-corrected chi connectivity index (χ3v) is 6.96. The predicted molar refractivity (Wildman–Crippen MR) is 139 cm³/mol. The minimum atomic E-state index is -2.92. The lowest BCUT2D eigenvalue weighted by molar-refractivity contribution is -0.128.